The van der Waals surface area contributed by atoms with E-state index in [0.29, 0.717) is 11.0 Å². The number of nitrogens with one attached hydrogen (secondary N) is 1. The second kappa shape index (κ2) is 4.08. The molecule has 1 aromatic carbocycles. The molecule has 5 heteroatoms. The first-order valence-corrected chi connectivity index (χ1v) is 5.16. The fraction of sp³-hybridized carbons (Fsp3) is 0.300. The predicted octanol–water partition coefficient (Wildman–Crippen LogP) is 1.29. The van der Waals surface area contributed by atoms with Gasteiger partial charge in [-0.2, -0.15) is 0 Å². The molecule has 1 aliphatic rings. The highest BCUT2D eigenvalue weighted by molar-refractivity contribution is 6.31. The van der Waals surface area contributed by atoms with E-state index in [2.05, 4.69) is 10.3 Å². The van der Waals surface area contributed by atoms with Gasteiger partial charge in [0, 0.05) is 11.6 Å². The van der Waals surface area contributed by atoms with E-state index in [-0.39, 0.29) is 0 Å². The highest BCUT2D eigenvalue weighted by Crippen LogP contribution is 2.25. The summed E-state index contributed by atoms with van der Waals surface area (Å²) < 4.78 is 0. The van der Waals surface area contributed by atoms with E-state index >= 15 is 0 Å². The van der Waals surface area contributed by atoms with E-state index in [1.807, 2.05) is 25.1 Å². The van der Waals surface area contributed by atoms with Crippen LogP contribution in [0.1, 0.15) is 5.56 Å². The first-order valence-electron chi connectivity index (χ1n) is 4.78. The van der Waals surface area contributed by atoms with Crippen LogP contribution < -0.4 is 16.2 Å². The van der Waals surface area contributed by atoms with Gasteiger partial charge in [0.05, 0.1) is 12.2 Å². The fourth-order valence-corrected chi connectivity index (χ4v) is 1.69. The summed E-state index contributed by atoms with van der Waals surface area (Å²) in [5, 5.41) is 5.36. The van der Waals surface area contributed by atoms with Crippen molar-refractivity contribution in [3.63, 3.8) is 0 Å². The summed E-state index contributed by atoms with van der Waals surface area (Å²) in [6.45, 7) is 3.54. The van der Waals surface area contributed by atoms with Gasteiger partial charge in [-0.15, -0.1) is 0 Å². The molecule has 0 aliphatic carbocycles. The second-order valence-corrected chi connectivity index (χ2v) is 3.79. The van der Waals surface area contributed by atoms with Gasteiger partial charge in [0.25, 0.3) is 0 Å². The third-order valence-corrected chi connectivity index (χ3v) is 2.79. The van der Waals surface area contributed by atoms with Gasteiger partial charge in [-0.1, -0.05) is 17.7 Å². The zero-order valence-corrected chi connectivity index (χ0v) is 9.25. The molecule has 1 aliphatic heterocycles. The first kappa shape index (κ1) is 10.3. The average molecular weight is 225 g/mol. The molecule has 0 amide bonds. The molecule has 15 heavy (non-hydrogen) atoms. The Hall–Kier alpha value is -1.26. The predicted molar refractivity (Wildman–Crippen MR) is 63.2 cm³/mol. The largest absolute Gasteiger partial charge is 0.353 e. The number of hydrazine groups is 1. The van der Waals surface area contributed by atoms with Crippen molar-refractivity contribution in [2.24, 2.45) is 10.8 Å². The average Bonchev–Trinajstić information content (AvgIpc) is 2.74. The molecule has 0 radical (unpaired) electrons. The molecule has 2 rings (SSSR count). The van der Waals surface area contributed by atoms with Gasteiger partial charge >= 0.3 is 0 Å². The number of hydrogen-bond donors (Lipinski definition) is 2. The van der Waals surface area contributed by atoms with Crippen molar-refractivity contribution in [3.8, 4) is 0 Å². The molecule has 1 aromatic rings. The lowest BCUT2D eigenvalue weighted by Gasteiger charge is -2.20. The van der Waals surface area contributed by atoms with Crippen LogP contribution in [0.2, 0.25) is 5.02 Å². The van der Waals surface area contributed by atoms with Gasteiger partial charge < -0.3 is 5.32 Å². The van der Waals surface area contributed by atoms with E-state index in [9.17, 15) is 0 Å². The number of aliphatic imine (C=N–C) groups is 1. The van der Waals surface area contributed by atoms with E-state index < -0.39 is 0 Å². The summed E-state index contributed by atoms with van der Waals surface area (Å²) in [6, 6.07) is 5.64. The van der Waals surface area contributed by atoms with Gasteiger partial charge in [-0.05, 0) is 24.6 Å². The molecule has 80 valence electrons. The number of guanidine groups is 1. The Labute approximate surface area is 93.7 Å². The number of nitrogens with two attached hydrogens (primary N) is 1. The van der Waals surface area contributed by atoms with Crippen LogP contribution in [0.3, 0.4) is 0 Å². The Morgan fingerprint density at radius 2 is 2.33 bits per heavy atom. The third-order valence-electron chi connectivity index (χ3n) is 2.38. The molecule has 0 saturated carbocycles. The van der Waals surface area contributed by atoms with Crippen LogP contribution in [0.5, 0.6) is 0 Å². The topological polar surface area (TPSA) is 53.6 Å². The molecular weight excluding hydrogens is 212 g/mol. The van der Waals surface area contributed by atoms with Crippen LogP contribution in [-0.4, -0.2) is 19.0 Å². The maximum Gasteiger partial charge on any atom is 0.213 e. The zero-order chi connectivity index (χ0) is 10.8. The fourth-order valence-electron chi connectivity index (χ4n) is 1.52. The molecule has 0 saturated heterocycles. The minimum atomic E-state index is 0.695. The second-order valence-electron chi connectivity index (χ2n) is 3.39. The minimum Gasteiger partial charge on any atom is -0.353 e. The number of anilines is 1. The van der Waals surface area contributed by atoms with Crippen LogP contribution in [-0.2, 0) is 0 Å². The first-order chi connectivity index (χ1) is 7.20. The van der Waals surface area contributed by atoms with Gasteiger partial charge in [-0.25, -0.2) is 15.8 Å². The Bertz CT molecular complexity index is 402. The molecule has 0 spiro atoms. The van der Waals surface area contributed by atoms with Crippen molar-refractivity contribution in [1.82, 2.24) is 5.32 Å². The van der Waals surface area contributed by atoms with Crippen molar-refractivity contribution in [2.45, 2.75) is 6.92 Å². The lowest BCUT2D eigenvalue weighted by Crippen LogP contribution is -2.44. The van der Waals surface area contributed by atoms with E-state index in [4.69, 9.17) is 17.4 Å². The summed E-state index contributed by atoms with van der Waals surface area (Å²) in [6.07, 6.45) is 0. The van der Waals surface area contributed by atoms with Crippen LogP contribution in [0.15, 0.2) is 23.2 Å². The lowest BCUT2D eigenvalue weighted by atomic mass is 10.2. The van der Waals surface area contributed by atoms with Crippen molar-refractivity contribution in [1.29, 1.82) is 0 Å². The maximum atomic E-state index is 6.02. The van der Waals surface area contributed by atoms with Gasteiger partial charge in [0.2, 0.25) is 5.96 Å². The van der Waals surface area contributed by atoms with Crippen LogP contribution in [0.25, 0.3) is 0 Å². The van der Waals surface area contributed by atoms with Gasteiger partial charge in [-0.3, -0.25) is 0 Å². The highest BCUT2D eigenvalue weighted by Gasteiger charge is 2.15. The molecule has 3 N–H and O–H groups in total. The standard InChI is InChI=1S/C10H13ClN4/c1-7-8(11)3-2-4-9(7)15(12)10-13-5-6-14-10/h2-4H,5-6,12H2,1H3,(H,13,14). The quantitative estimate of drug-likeness (QED) is 0.558. The summed E-state index contributed by atoms with van der Waals surface area (Å²) in [7, 11) is 0. The summed E-state index contributed by atoms with van der Waals surface area (Å²) in [5.41, 5.74) is 1.83. The normalized spacial score (nSPS) is 14.7. The Balaban J connectivity index is 2.32. The summed E-state index contributed by atoms with van der Waals surface area (Å²) in [5.74, 6) is 6.65. The van der Waals surface area contributed by atoms with Crippen molar-refractivity contribution < 1.29 is 0 Å². The monoisotopic (exact) mass is 224 g/mol. The van der Waals surface area contributed by atoms with Gasteiger partial charge in [0.15, 0.2) is 0 Å². The number of nitrogens with zero attached hydrogens (tertiary/aromatic N) is 2. The molecule has 0 unspecified atom stereocenters. The molecule has 0 aromatic heterocycles. The van der Waals surface area contributed by atoms with Crippen molar-refractivity contribution in [3.05, 3.63) is 28.8 Å². The molecule has 4 nitrogen and oxygen atoms in total. The summed E-state index contributed by atoms with van der Waals surface area (Å²) >= 11 is 6.02. The Morgan fingerprint density at radius 3 is 3.00 bits per heavy atom. The molecule has 0 fully saturated rings. The van der Waals surface area contributed by atoms with Crippen LogP contribution in [0, 0.1) is 6.92 Å². The number of rotatable bonds is 1. The smallest absolute Gasteiger partial charge is 0.213 e. The minimum absolute atomic E-state index is 0.695. The van der Waals surface area contributed by atoms with E-state index in [0.717, 1.165) is 24.3 Å². The van der Waals surface area contributed by atoms with Crippen LogP contribution >= 0.6 is 11.6 Å². The number of hydrogen-bond acceptors (Lipinski definition) is 4. The maximum absolute atomic E-state index is 6.02. The highest BCUT2D eigenvalue weighted by atomic mass is 35.5. The molecule has 0 bridgehead atoms. The Kier molecular flexibility index (Phi) is 2.79. The lowest BCUT2D eigenvalue weighted by molar-refractivity contribution is 0.942. The number of benzene rings is 1. The van der Waals surface area contributed by atoms with Crippen molar-refractivity contribution >= 4 is 23.2 Å². The summed E-state index contributed by atoms with van der Waals surface area (Å²) in [4.78, 5) is 4.25. The molecular formula is C10H13ClN4. The zero-order valence-electron chi connectivity index (χ0n) is 8.50. The van der Waals surface area contributed by atoms with Gasteiger partial charge in [0.1, 0.15) is 0 Å². The SMILES string of the molecule is Cc1c(Cl)cccc1N(N)C1=NCCN1. The van der Waals surface area contributed by atoms with Crippen molar-refractivity contribution in [2.75, 3.05) is 18.1 Å². The molecule has 1 heterocycles. The van der Waals surface area contributed by atoms with E-state index in [1.165, 1.54) is 5.01 Å². The Morgan fingerprint density at radius 1 is 1.53 bits per heavy atom. The van der Waals surface area contributed by atoms with E-state index in [1.54, 1.807) is 0 Å². The van der Waals surface area contributed by atoms with Crippen LogP contribution in [0.4, 0.5) is 5.69 Å². The molecule has 0 atom stereocenters. The number of halogens is 1. The third kappa shape index (κ3) is 1.91.